The molecule has 0 atom stereocenters. The van der Waals surface area contributed by atoms with Gasteiger partial charge in [-0.25, -0.2) is 8.42 Å². The number of methoxy groups -OCH3 is 1. The molecule has 1 amide bonds. The lowest BCUT2D eigenvalue weighted by atomic mass is 10.1. The fourth-order valence-corrected chi connectivity index (χ4v) is 4.03. The number of halogens is 2. The number of anilines is 1. The van der Waals surface area contributed by atoms with Crippen molar-refractivity contribution in [2.75, 3.05) is 18.4 Å². The predicted molar refractivity (Wildman–Crippen MR) is 103 cm³/mol. The summed E-state index contributed by atoms with van der Waals surface area (Å²) in [5, 5.41) is 2.40. The summed E-state index contributed by atoms with van der Waals surface area (Å²) in [6, 6.07) is 8.86. The number of hydrogen-bond acceptors (Lipinski definition) is 4. The first-order valence-electron chi connectivity index (χ1n) is 7.34. The largest absolute Gasteiger partial charge is 0.495 e. The summed E-state index contributed by atoms with van der Waals surface area (Å²) in [5.41, 5.74) is 0.269. The third-order valence-corrected chi connectivity index (χ3v) is 5.73. The summed E-state index contributed by atoms with van der Waals surface area (Å²) in [7, 11) is -2.70. The standard InChI is InChI=1S/C17H16Cl2N2O4S/c1-3-10-20-17(22)11-6-4-5-7-12(11)21-26(23,24)14-9-8-13(25-2)15(18)16(14)19/h3-9,21H,1,10H2,2H3,(H,20,22). The molecule has 2 aromatic rings. The Morgan fingerprint density at radius 3 is 2.54 bits per heavy atom. The van der Waals surface area contributed by atoms with Gasteiger partial charge in [0.15, 0.2) is 0 Å². The number of hydrogen-bond donors (Lipinski definition) is 2. The topological polar surface area (TPSA) is 84.5 Å². The van der Waals surface area contributed by atoms with Crippen molar-refractivity contribution in [1.29, 1.82) is 0 Å². The van der Waals surface area contributed by atoms with Crippen molar-refractivity contribution in [3.8, 4) is 5.75 Å². The first-order valence-corrected chi connectivity index (χ1v) is 9.58. The summed E-state index contributed by atoms with van der Waals surface area (Å²) in [5.74, 6) is -0.193. The maximum absolute atomic E-state index is 12.7. The second kappa shape index (κ2) is 8.44. The van der Waals surface area contributed by atoms with E-state index < -0.39 is 15.9 Å². The Bertz CT molecular complexity index is 946. The molecule has 6 nitrogen and oxygen atoms in total. The normalized spacial score (nSPS) is 10.9. The Morgan fingerprint density at radius 2 is 1.88 bits per heavy atom. The minimum absolute atomic E-state index is 0.0194. The number of benzene rings is 2. The number of carbonyl (C=O) groups is 1. The number of rotatable bonds is 7. The molecule has 0 aliphatic carbocycles. The van der Waals surface area contributed by atoms with Crippen molar-refractivity contribution in [2.24, 2.45) is 0 Å². The Kier molecular flexibility index (Phi) is 6.52. The van der Waals surface area contributed by atoms with E-state index in [1.807, 2.05) is 0 Å². The van der Waals surface area contributed by atoms with Gasteiger partial charge in [-0.2, -0.15) is 0 Å². The third-order valence-electron chi connectivity index (χ3n) is 3.34. The summed E-state index contributed by atoms with van der Waals surface area (Å²) in [6.07, 6.45) is 1.52. The van der Waals surface area contributed by atoms with Gasteiger partial charge in [-0.3, -0.25) is 9.52 Å². The summed E-state index contributed by atoms with van der Waals surface area (Å²) in [4.78, 5) is 12.0. The average Bonchev–Trinajstić information content (AvgIpc) is 2.61. The molecular formula is C17H16Cl2N2O4S. The van der Waals surface area contributed by atoms with Crippen molar-refractivity contribution in [2.45, 2.75) is 4.90 Å². The lowest BCUT2D eigenvalue weighted by Gasteiger charge is -2.14. The molecule has 0 fully saturated rings. The summed E-state index contributed by atoms with van der Waals surface area (Å²) < 4.78 is 32.8. The van der Waals surface area contributed by atoms with E-state index in [0.717, 1.165) is 0 Å². The van der Waals surface area contributed by atoms with Crippen LogP contribution in [0, 0.1) is 0 Å². The van der Waals surface area contributed by atoms with E-state index in [4.69, 9.17) is 27.9 Å². The van der Waals surface area contributed by atoms with Gasteiger partial charge >= 0.3 is 0 Å². The molecule has 0 aliphatic heterocycles. The van der Waals surface area contributed by atoms with Gasteiger partial charge in [0.1, 0.15) is 15.7 Å². The fraction of sp³-hybridized carbons (Fsp3) is 0.118. The molecule has 0 spiro atoms. The van der Waals surface area contributed by atoms with Gasteiger partial charge in [0, 0.05) is 6.54 Å². The highest BCUT2D eigenvalue weighted by Crippen LogP contribution is 2.37. The molecule has 2 rings (SSSR count). The molecule has 0 saturated carbocycles. The van der Waals surface area contributed by atoms with Crippen molar-refractivity contribution in [3.63, 3.8) is 0 Å². The fourth-order valence-electron chi connectivity index (χ4n) is 2.11. The van der Waals surface area contributed by atoms with Gasteiger partial charge in [0.05, 0.1) is 23.4 Å². The van der Waals surface area contributed by atoms with E-state index in [9.17, 15) is 13.2 Å². The number of ether oxygens (including phenoxy) is 1. The van der Waals surface area contributed by atoms with Crippen LogP contribution >= 0.6 is 23.2 Å². The number of para-hydroxylation sites is 1. The number of amides is 1. The van der Waals surface area contributed by atoms with E-state index in [2.05, 4.69) is 16.6 Å². The van der Waals surface area contributed by atoms with Crippen molar-refractivity contribution in [1.82, 2.24) is 5.32 Å². The third kappa shape index (κ3) is 4.30. The molecule has 0 heterocycles. The molecule has 0 aromatic heterocycles. The molecule has 26 heavy (non-hydrogen) atoms. The lowest BCUT2D eigenvalue weighted by Crippen LogP contribution is -2.25. The van der Waals surface area contributed by atoms with Gasteiger partial charge in [0.2, 0.25) is 0 Å². The predicted octanol–water partition coefficient (Wildman–Crippen LogP) is 3.72. The Balaban J connectivity index is 2.41. The quantitative estimate of drug-likeness (QED) is 0.676. The number of carbonyl (C=O) groups excluding carboxylic acids is 1. The van der Waals surface area contributed by atoms with Crippen LogP contribution in [0.2, 0.25) is 10.0 Å². The van der Waals surface area contributed by atoms with Crippen LogP contribution in [0.25, 0.3) is 0 Å². The van der Waals surface area contributed by atoms with Crippen LogP contribution < -0.4 is 14.8 Å². The molecule has 138 valence electrons. The maximum atomic E-state index is 12.7. The Hall–Kier alpha value is -2.22. The van der Waals surface area contributed by atoms with Crippen LogP contribution in [0.3, 0.4) is 0 Å². The molecule has 9 heteroatoms. The first-order chi connectivity index (χ1) is 12.3. The van der Waals surface area contributed by atoms with Gasteiger partial charge in [-0.15, -0.1) is 6.58 Å². The van der Waals surface area contributed by atoms with E-state index in [-0.39, 0.29) is 38.5 Å². The van der Waals surface area contributed by atoms with Crippen molar-refractivity contribution < 1.29 is 17.9 Å². The van der Waals surface area contributed by atoms with E-state index in [0.29, 0.717) is 0 Å². The van der Waals surface area contributed by atoms with Crippen molar-refractivity contribution in [3.05, 3.63) is 64.7 Å². The smallest absolute Gasteiger partial charge is 0.263 e. The molecule has 2 N–H and O–H groups in total. The van der Waals surface area contributed by atoms with Gasteiger partial charge in [-0.05, 0) is 24.3 Å². The Labute approximate surface area is 161 Å². The van der Waals surface area contributed by atoms with Crippen LogP contribution in [0.1, 0.15) is 10.4 Å². The number of nitrogens with one attached hydrogen (secondary N) is 2. The molecule has 0 saturated heterocycles. The van der Waals surface area contributed by atoms with Crippen molar-refractivity contribution >= 4 is 44.8 Å². The van der Waals surface area contributed by atoms with Crippen LogP contribution in [0.4, 0.5) is 5.69 Å². The van der Waals surface area contributed by atoms with Gasteiger partial charge in [-0.1, -0.05) is 41.4 Å². The molecule has 0 aliphatic rings. The van der Waals surface area contributed by atoms with Crippen LogP contribution in [-0.2, 0) is 10.0 Å². The maximum Gasteiger partial charge on any atom is 0.263 e. The second-order valence-electron chi connectivity index (χ2n) is 5.04. The summed E-state index contributed by atoms with van der Waals surface area (Å²) in [6.45, 7) is 3.77. The van der Waals surface area contributed by atoms with E-state index >= 15 is 0 Å². The molecule has 0 radical (unpaired) electrons. The van der Waals surface area contributed by atoms with Crippen LogP contribution in [0.15, 0.2) is 53.9 Å². The lowest BCUT2D eigenvalue weighted by molar-refractivity contribution is 0.0959. The highest BCUT2D eigenvalue weighted by atomic mass is 35.5. The zero-order valence-corrected chi connectivity index (χ0v) is 16.1. The van der Waals surface area contributed by atoms with Crippen LogP contribution in [0.5, 0.6) is 5.75 Å². The SMILES string of the molecule is C=CCNC(=O)c1ccccc1NS(=O)(=O)c1ccc(OC)c(Cl)c1Cl. The molecule has 0 bridgehead atoms. The van der Waals surface area contributed by atoms with Crippen LogP contribution in [-0.4, -0.2) is 28.0 Å². The second-order valence-corrected chi connectivity index (χ2v) is 7.45. The highest BCUT2D eigenvalue weighted by molar-refractivity contribution is 7.92. The first kappa shape index (κ1) is 20.1. The summed E-state index contributed by atoms with van der Waals surface area (Å²) >= 11 is 12.1. The highest BCUT2D eigenvalue weighted by Gasteiger charge is 2.23. The zero-order chi connectivity index (χ0) is 19.3. The van der Waals surface area contributed by atoms with Gasteiger partial charge < -0.3 is 10.1 Å². The van der Waals surface area contributed by atoms with Gasteiger partial charge in [0.25, 0.3) is 15.9 Å². The minimum Gasteiger partial charge on any atom is -0.495 e. The van der Waals surface area contributed by atoms with E-state index in [1.165, 1.54) is 37.5 Å². The number of sulfonamides is 1. The molecule has 2 aromatic carbocycles. The van der Waals surface area contributed by atoms with E-state index in [1.54, 1.807) is 12.1 Å². The average molecular weight is 415 g/mol. The zero-order valence-electron chi connectivity index (χ0n) is 13.8. The minimum atomic E-state index is -4.09. The molecular weight excluding hydrogens is 399 g/mol. The monoisotopic (exact) mass is 414 g/mol. The Morgan fingerprint density at radius 1 is 1.19 bits per heavy atom. The molecule has 0 unspecified atom stereocenters.